The van der Waals surface area contributed by atoms with Crippen LogP contribution in [-0.2, 0) is 53.4 Å². The Hall–Kier alpha value is -5.68. The summed E-state index contributed by atoms with van der Waals surface area (Å²) >= 11 is 0. The fourth-order valence-corrected chi connectivity index (χ4v) is 8.69. The summed E-state index contributed by atoms with van der Waals surface area (Å²) in [5.41, 5.74) is -0.540. The van der Waals surface area contributed by atoms with Gasteiger partial charge in [-0.15, -0.1) is 0 Å². The van der Waals surface area contributed by atoms with Crippen LogP contribution in [0.4, 0.5) is 20.4 Å². The third kappa shape index (κ3) is 16.4. The quantitative estimate of drug-likeness (QED) is 0.0607. The van der Waals surface area contributed by atoms with Crippen molar-refractivity contribution >= 4 is 39.1 Å². The van der Waals surface area contributed by atoms with Gasteiger partial charge in [0.15, 0.2) is 69.0 Å². The molecule has 0 saturated heterocycles. The minimum absolute atomic E-state index is 0. The number of phosphoric ester groups is 2. The third-order valence-electron chi connectivity index (χ3n) is 11.9. The van der Waals surface area contributed by atoms with Crippen molar-refractivity contribution in [2.24, 2.45) is 0 Å². The number of phosphoric acid groups is 2. The molecule has 1 unspecified atom stereocenters. The number of rotatable bonds is 20. The molecule has 0 saturated carbocycles. The van der Waals surface area contributed by atoms with Crippen molar-refractivity contribution in [3.63, 3.8) is 0 Å². The van der Waals surface area contributed by atoms with E-state index in [9.17, 15) is 32.4 Å². The van der Waals surface area contributed by atoms with E-state index < -0.39 is 63.8 Å². The number of hydrogen-bond donors (Lipinski definition) is 3. The van der Waals surface area contributed by atoms with E-state index >= 15 is 0 Å². The van der Waals surface area contributed by atoms with Gasteiger partial charge in [0.05, 0.1) is 66.4 Å². The Morgan fingerprint density at radius 3 is 1.23 bits per heavy atom. The Kier molecular flexibility index (Phi) is 22.8. The van der Waals surface area contributed by atoms with Crippen LogP contribution in [0.3, 0.4) is 0 Å². The smallest absolute Gasteiger partial charge is 0.756 e. The third-order valence-corrected chi connectivity index (χ3v) is 12.8. The Balaban J connectivity index is 0.000000293. The largest absolute Gasteiger partial charge is 1.00 e. The molecule has 3 N–H and O–H groups in total. The summed E-state index contributed by atoms with van der Waals surface area (Å²) < 4.78 is 105. The van der Waals surface area contributed by atoms with Gasteiger partial charge in [0.2, 0.25) is 11.5 Å². The van der Waals surface area contributed by atoms with Crippen molar-refractivity contribution in [3.05, 3.63) is 118 Å². The van der Waals surface area contributed by atoms with Crippen LogP contribution in [0.2, 0.25) is 0 Å². The van der Waals surface area contributed by atoms with Gasteiger partial charge in [0.25, 0.3) is 19.6 Å². The number of halogens is 2. The fourth-order valence-electron chi connectivity index (χ4n) is 8.16. The SMILES string of the molecule is COc1cc(Cc2ncc(F)c(Cc3ccc4c(n3)N(COP(=O)(O)O)C(=O)C(C)(C)O4)n2)cc(OC)c1OC.COc1cc(Cc2ncc(F)c(Cc3ccc4c(n3)N(COP(=O)([O-])O)C(=O)C(C)(C)O4)n2)cc(OC)c1OC.[Na+].[Na+]. The molecule has 6 aromatic rings. The summed E-state index contributed by atoms with van der Waals surface area (Å²) in [7, 11) is -1.05. The van der Waals surface area contributed by atoms with Gasteiger partial charge in [-0.1, -0.05) is 0 Å². The van der Waals surface area contributed by atoms with Crippen molar-refractivity contribution in [2.45, 2.75) is 64.6 Å². The molecule has 26 nitrogen and oxygen atoms in total. The first-order chi connectivity index (χ1) is 37.7. The summed E-state index contributed by atoms with van der Waals surface area (Å²) in [4.78, 5) is 91.9. The number of hydrogen-bond acceptors (Lipinski definition) is 21. The predicted molar refractivity (Wildman–Crippen MR) is 274 cm³/mol. The maximum absolute atomic E-state index is 14.8. The maximum Gasteiger partial charge on any atom is 1.00 e. The second-order valence-electron chi connectivity index (χ2n) is 18.4. The predicted octanol–water partition coefficient (Wildman–Crippen LogP) is -1.05. The van der Waals surface area contributed by atoms with Crippen molar-refractivity contribution in [2.75, 3.05) is 65.9 Å². The van der Waals surface area contributed by atoms with E-state index in [0.29, 0.717) is 57.5 Å². The average molecular weight is 1200 g/mol. The number of anilines is 2. The van der Waals surface area contributed by atoms with Crippen LogP contribution in [0, 0.1) is 11.6 Å². The fraction of sp³-hybridized carbons (Fsp3) is 0.360. The van der Waals surface area contributed by atoms with Crippen LogP contribution in [0.1, 0.15) is 73.2 Å². The molecule has 1 atom stereocenters. The number of aromatic nitrogens is 6. The Labute approximate surface area is 513 Å². The van der Waals surface area contributed by atoms with E-state index in [1.807, 2.05) is 0 Å². The van der Waals surface area contributed by atoms with Crippen molar-refractivity contribution in [1.29, 1.82) is 0 Å². The molecular weight excluding hydrogens is 1150 g/mol. The standard InChI is InChI=1S/2C25H28FN4O9P.2Na/c2*1-25(2)24(31)30(13-38-40(32,33)34)23-18(39-25)7-6-15(28-23)11-17-16(26)12-27-21(29-17)10-14-8-19(35-3)22(37-5)20(9-14)36-4;;/h2*6-9,12H,10-11,13H2,1-5H3,(H2,32,33,34);;/q;;2*+1/p-1. The van der Waals surface area contributed by atoms with E-state index in [-0.39, 0.29) is 119 Å². The number of carbonyl (C=O) groups is 2. The molecule has 428 valence electrons. The van der Waals surface area contributed by atoms with Crippen LogP contribution in [-0.4, -0.2) is 124 Å². The van der Waals surface area contributed by atoms with Gasteiger partial charge < -0.3 is 57.5 Å². The van der Waals surface area contributed by atoms with E-state index in [0.717, 1.165) is 33.3 Å². The van der Waals surface area contributed by atoms with E-state index in [1.54, 1.807) is 36.4 Å². The first-order valence-electron chi connectivity index (χ1n) is 23.7. The van der Waals surface area contributed by atoms with E-state index in [4.69, 9.17) is 52.6 Å². The van der Waals surface area contributed by atoms with Crippen LogP contribution in [0.15, 0.2) is 60.9 Å². The van der Waals surface area contributed by atoms with Gasteiger partial charge in [0.1, 0.15) is 25.1 Å². The van der Waals surface area contributed by atoms with Crippen molar-refractivity contribution < 1.29 is 153 Å². The van der Waals surface area contributed by atoms with Crippen LogP contribution >= 0.6 is 15.6 Å². The molecule has 2 aromatic carbocycles. The van der Waals surface area contributed by atoms with Gasteiger partial charge in [0, 0.05) is 37.1 Å². The molecule has 2 aliphatic heterocycles. The van der Waals surface area contributed by atoms with Gasteiger partial charge in [-0.05, 0) is 87.4 Å². The Bertz CT molecular complexity index is 3150. The normalized spacial score (nSPS) is 14.6. The number of benzene rings is 2. The minimum atomic E-state index is -5.14. The van der Waals surface area contributed by atoms with E-state index in [2.05, 4.69) is 39.0 Å². The molecule has 8 rings (SSSR count). The number of fused-ring (bicyclic) bond motifs is 2. The topological polar surface area (TPSA) is 328 Å². The number of carbonyl (C=O) groups excluding carboxylic acids is 2. The first-order valence-corrected chi connectivity index (χ1v) is 26.7. The molecule has 0 spiro atoms. The van der Waals surface area contributed by atoms with Crippen LogP contribution in [0.5, 0.6) is 46.0 Å². The zero-order valence-corrected chi connectivity index (χ0v) is 52.5. The molecule has 0 aliphatic carbocycles. The molecule has 0 radical (unpaired) electrons. The molecule has 4 aromatic heterocycles. The number of pyridine rings is 2. The molecule has 6 heterocycles. The molecule has 82 heavy (non-hydrogen) atoms. The number of amides is 2. The van der Waals surface area contributed by atoms with Gasteiger partial charge in [-0.2, -0.15) is 0 Å². The summed E-state index contributed by atoms with van der Waals surface area (Å²) in [6.07, 6.45) is 2.40. The van der Waals surface area contributed by atoms with Crippen LogP contribution < -0.4 is 112 Å². The number of methoxy groups -OCH3 is 6. The minimum Gasteiger partial charge on any atom is -0.756 e. The van der Waals surface area contributed by atoms with Crippen LogP contribution in [0.25, 0.3) is 0 Å². The second-order valence-corrected chi connectivity index (χ2v) is 20.8. The molecular formula is C50H55F2N8Na2O18P2+. The second kappa shape index (κ2) is 27.8. The van der Waals surface area contributed by atoms with Crippen molar-refractivity contribution in [3.8, 4) is 46.0 Å². The van der Waals surface area contributed by atoms with Gasteiger partial charge in [-0.3, -0.25) is 33.0 Å². The monoisotopic (exact) mass is 1200 g/mol. The first kappa shape index (κ1) is 67.1. The van der Waals surface area contributed by atoms with E-state index in [1.165, 1.54) is 82.5 Å². The Morgan fingerprint density at radius 1 is 0.561 bits per heavy atom. The summed E-state index contributed by atoms with van der Waals surface area (Å²) in [6.45, 7) is 4.39. The Morgan fingerprint density at radius 2 is 0.915 bits per heavy atom. The number of nitrogens with zero attached hydrogens (tertiary/aromatic N) is 8. The van der Waals surface area contributed by atoms with Gasteiger partial charge in [-0.25, -0.2) is 43.2 Å². The van der Waals surface area contributed by atoms with Gasteiger partial charge >= 0.3 is 66.9 Å². The number of ether oxygens (including phenoxy) is 8. The summed E-state index contributed by atoms with van der Waals surface area (Å²) in [6, 6.07) is 13.2. The molecule has 32 heteroatoms. The summed E-state index contributed by atoms with van der Waals surface area (Å²) in [5.74, 6) is 0.939. The maximum atomic E-state index is 14.8. The van der Waals surface area contributed by atoms with Crippen molar-refractivity contribution in [1.82, 2.24) is 29.9 Å². The molecule has 0 bridgehead atoms. The zero-order chi connectivity index (χ0) is 58.5. The molecule has 0 fully saturated rings. The zero-order valence-electron chi connectivity index (χ0n) is 46.7. The average Bonchev–Trinajstić information content (AvgIpc) is 3.40. The molecule has 2 aliphatic rings. The molecule has 2 amide bonds. The summed E-state index contributed by atoms with van der Waals surface area (Å²) in [5, 5.41) is 0.